The fourth-order valence-corrected chi connectivity index (χ4v) is 3.70. The van der Waals surface area contributed by atoms with E-state index in [9.17, 15) is 0 Å². The Morgan fingerprint density at radius 3 is 2.89 bits per heavy atom. The van der Waals surface area contributed by atoms with Crippen LogP contribution in [-0.4, -0.2) is 19.3 Å². The van der Waals surface area contributed by atoms with Crippen molar-refractivity contribution >= 4 is 0 Å². The molecule has 0 bridgehead atoms. The summed E-state index contributed by atoms with van der Waals surface area (Å²) in [6.45, 7) is 4.14. The van der Waals surface area contributed by atoms with Crippen LogP contribution in [-0.2, 0) is 10.3 Å². The van der Waals surface area contributed by atoms with Crippen molar-refractivity contribution in [3.63, 3.8) is 0 Å². The van der Waals surface area contributed by atoms with Gasteiger partial charge in [0.1, 0.15) is 0 Å². The lowest BCUT2D eigenvalue weighted by Gasteiger charge is -2.50. The first-order valence-electron chi connectivity index (χ1n) is 7.27. The molecule has 1 saturated heterocycles. The van der Waals surface area contributed by atoms with Crippen molar-refractivity contribution < 1.29 is 4.74 Å². The van der Waals surface area contributed by atoms with Crippen LogP contribution < -0.4 is 5.32 Å². The van der Waals surface area contributed by atoms with Crippen molar-refractivity contribution in [2.75, 3.05) is 13.2 Å². The third-order valence-corrected chi connectivity index (χ3v) is 4.73. The summed E-state index contributed by atoms with van der Waals surface area (Å²) >= 11 is 0. The fraction of sp³-hybridized carbons (Fsp3) is 0.625. The van der Waals surface area contributed by atoms with E-state index < -0.39 is 0 Å². The molecule has 3 rings (SSSR count). The van der Waals surface area contributed by atoms with E-state index in [1.54, 1.807) is 0 Å². The third kappa shape index (κ3) is 1.98. The van der Waals surface area contributed by atoms with E-state index in [0.717, 1.165) is 19.1 Å². The van der Waals surface area contributed by atoms with E-state index in [1.807, 2.05) is 0 Å². The molecule has 1 heterocycles. The average molecular weight is 245 g/mol. The minimum atomic E-state index is 0.0679. The quantitative estimate of drug-likeness (QED) is 0.864. The first kappa shape index (κ1) is 12.2. The van der Waals surface area contributed by atoms with E-state index in [2.05, 4.69) is 42.6 Å². The average Bonchev–Trinajstić information content (AvgIpc) is 2.47. The molecular weight excluding hydrogens is 222 g/mol. The molecule has 1 aliphatic heterocycles. The van der Waals surface area contributed by atoms with Crippen LogP contribution in [0, 0.1) is 5.92 Å². The highest BCUT2D eigenvalue weighted by molar-refractivity contribution is 5.28. The van der Waals surface area contributed by atoms with Gasteiger partial charge in [-0.2, -0.15) is 0 Å². The molecule has 1 N–H and O–H groups in total. The first-order chi connectivity index (χ1) is 8.85. The van der Waals surface area contributed by atoms with Crippen LogP contribution in [0.1, 0.15) is 38.2 Å². The summed E-state index contributed by atoms with van der Waals surface area (Å²) in [6.07, 6.45) is 5.37. The largest absolute Gasteiger partial charge is 0.375 e. The van der Waals surface area contributed by atoms with Crippen LogP contribution in [0.2, 0.25) is 0 Å². The maximum atomic E-state index is 6.07. The van der Waals surface area contributed by atoms with Gasteiger partial charge in [0.25, 0.3) is 0 Å². The molecule has 0 spiro atoms. The molecule has 0 aromatic heterocycles. The van der Waals surface area contributed by atoms with Crippen LogP contribution in [0.25, 0.3) is 0 Å². The maximum absolute atomic E-state index is 6.07. The first-order valence-corrected chi connectivity index (χ1v) is 7.27. The molecule has 1 aromatic rings. The van der Waals surface area contributed by atoms with E-state index in [-0.39, 0.29) is 5.54 Å². The number of hydrogen-bond acceptors (Lipinski definition) is 2. The summed E-state index contributed by atoms with van der Waals surface area (Å²) in [4.78, 5) is 0. The summed E-state index contributed by atoms with van der Waals surface area (Å²) in [5.74, 6) is 0.829. The van der Waals surface area contributed by atoms with Gasteiger partial charge in [-0.15, -0.1) is 0 Å². The van der Waals surface area contributed by atoms with E-state index in [1.165, 1.54) is 31.2 Å². The number of rotatable bonds is 2. The molecule has 3 atom stereocenters. The molecule has 1 aromatic carbocycles. The summed E-state index contributed by atoms with van der Waals surface area (Å²) in [7, 11) is 0. The molecule has 0 radical (unpaired) electrons. The minimum absolute atomic E-state index is 0.0679. The van der Waals surface area contributed by atoms with Crippen LogP contribution >= 0.6 is 0 Å². The van der Waals surface area contributed by atoms with Crippen LogP contribution in [0.5, 0.6) is 0 Å². The Morgan fingerprint density at radius 2 is 2.11 bits per heavy atom. The normalized spacial score (nSPS) is 36.1. The molecule has 0 amide bonds. The second-order valence-corrected chi connectivity index (χ2v) is 5.68. The molecule has 1 saturated carbocycles. The Hall–Kier alpha value is -0.860. The standard InChI is InChI=1S/C16H23NO/c1-2-13-8-9-15-16(12-13,17-10-11-18-15)14-6-4-3-5-7-14/h3-7,13,15,17H,2,8-12H2,1H3. The smallest absolute Gasteiger partial charge is 0.0799 e. The number of ether oxygens (including phenoxy) is 1. The van der Waals surface area contributed by atoms with Crippen LogP contribution in [0.15, 0.2) is 30.3 Å². The van der Waals surface area contributed by atoms with Gasteiger partial charge in [-0.1, -0.05) is 43.7 Å². The van der Waals surface area contributed by atoms with Crippen molar-refractivity contribution in [1.82, 2.24) is 5.32 Å². The van der Waals surface area contributed by atoms with Crippen molar-refractivity contribution in [3.8, 4) is 0 Å². The monoisotopic (exact) mass is 245 g/mol. The number of fused-ring (bicyclic) bond motifs is 1. The molecule has 3 unspecified atom stereocenters. The van der Waals surface area contributed by atoms with Gasteiger partial charge >= 0.3 is 0 Å². The molecule has 1 aliphatic carbocycles. The zero-order valence-electron chi connectivity index (χ0n) is 11.2. The fourth-order valence-electron chi connectivity index (χ4n) is 3.70. The van der Waals surface area contributed by atoms with E-state index in [4.69, 9.17) is 4.74 Å². The molecule has 98 valence electrons. The van der Waals surface area contributed by atoms with E-state index >= 15 is 0 Å². The van der Waals surface area contributed by atoms with E-state index in [0.29, 0.717) is 6.10 Å². The lowest BCUT2D eigenvalue weighted by Crippen LogP contribution is -2.60. The minimum Gasteiger partial charge on any atom is -0.375 e. The Balaban J connectivity index is 1.96. The lowest BCUT2D eigenvalue weighted by atomic mass is 9.68. The maximum Gasteiger partial charge on any atom is 0.0799 e. The highest BCUT2D eigenvalue weighted by Gasteiger charge is 2.46. The van der Waals surface area contributed by atoms with Crippen molar-refractivity contribution in [2.45, 2.75) is 44.2 Å². The summed E-state index contributed by atoms with van der Waals surface area (Å²) in [5.41, 5.74) is 1.48. The topological polar surface area (TPSA) is 21.3 Å². The summed E-state index contributed by atoms with van der Waals surface area (Å²) in [6, 6.07) is 10.9. The second-order valence-electron chi connectivity index (χ2n) is 5.68. The van der Waals surface area contributed by atoms with Gasteiger partial charge in [-0.05, 0) is 30.7 Å². The predicted octanol–water partition coefficient (Wildman–Crippen LogP) is 3.08. The van der Waals surface area contributed by atoms with Gasteiger partial charge < -0.3 is 10.1 Å². The van der Waals surface area contributed by atoms with Gasteiger partial charge in [-0.3, -0.25) is 0 Å². The number of nitrogens with one attached hydrogen (secondary N) is 1. The Kier molecular flexibility index (Phi) is 3.40. The van der Waals surface area contributed by atoms with Crippen molar-refractivity contribution in [2.24, 2.45) is 5.92 Å². The SMILES string of the molecule is CCC1CCC2OCCNC2(c2ccccc2)C1. The number of benzene rings is 1. The predicted molar refractivity (Wildman–Crippen MR) is 73.5 cm³/mol. The Morgan fingerprint density at radius 1 is 1.28 bits per heavy atom. The molecular formula is C16H23NO. The van der Waals surface area contributed by atoms with Gasteiger partial charge in [0, 0.05) is 6.54 Å². The van der Waals surface area contributed by atoms with Gasteiger partial charge in [0.2, 0.25) is 0 Å². The Labute approximate surface area is 110 Å². The highest BCUT2D eigenvalue weighted by Crippen LogP contribution is 2.43. The third-order valence-electron chi connectivity index (χ3n) is 4.73. The van der Waals surface area contributed by atoms with Gasteiger partial charge in [-0.25, -0.2) is 0 Å². The van der Waals surface area contributed by atoms with Crippen LogP contribution in [0.4, 0.5) is 0 Å². The number of hydrogen-bond donors (Lipinski definition) is 1. The summed E-state index contributed by atoms with van der Waals surface area (Å²) in [5, 5.41) is 3.79. The van der Waals surface area contributed by atoms with Crippen molar-refractivity contribution in [3.05, 3.63) is 35.9 Å². The zero-order chi connectivity index (χ0) is 12.4. The number of morpholine rings is 1. The molecule has 2 nitrogen and oxygen atoms in total. The highest BCUT2D eigenvalue weighted by atomic mass is 16.5. The molecule has 18 heavy (non-hydrogen) atoms. The summed E-state index contributed by atoms with van der Waals surface area (Å²) < 4.78 is 6.07. The van der Waals surface area contributed by atoms with Crippen molar-refractivity contribution in [1.29, 1.82) is 0 Å². The Bertz CT molecular complexity index is 391. The second kappa shape index (κ2) is 5.02. The van der Waals surface area contributed by atoms with Gasteiger partial charge in [0.05, 0.1) is 18.2 Å². The molecule has 2 aliphatic rings. The molecule has 2 heteroatoms. The lowest BCUT2D eigenvalue weighted by molar-refractivity contribution is -0.0873. The molecule has 2 fully saturated rings. The van der Waals surface area contributed by atoms with Crippen LogP contribution in [0.3, 0.4) is 0 Å². The zero-order valence-corrected chi connectivity index (χ0v) is 11.2. The van der Waals surface area contributed by atoms with Gasteiger partial charge in [0.15, 0.2) is 0 Å².